The number of anilines is 2. The standard InChI is InChI=1S/C22H22N4O/c1-15-6-3-4-9-19(15)21-11-17-12-23-22(25-20(17)13-26(21)2)24-18-8-5-7-16(10-18)14-27/h3-13,21,27H,14H2,1-2H3,(H,24,25). The number of aliphatic hydroxyl groups excluding tert-OH is 1. The Morgan fingerprint density at radius 3 is 2.81 bits per heavy atom. The molecular formula is C22H22N4O. The van der Waals surface area contributed by atoms with E-state index in [1.165, 1.54) is 11.1 Å². The number of nitrogens with zero attached hydrogens (tertiary/aromatic N) is 3. The van der Waals surface area contributed by atoms with Crippen LogP contribution in [-0.4, -0.2) is 27.0 Å². The Labute approximate surface area is 158 Å². The zero-order valence-corrected chi connectivity index (χ0v) is 15.4. The Morgan fingerprint density at radius 2 is 2.00 bits per heavy atom. The molecule has 0 radical (unpaired) electrons. The predicted octanol–water partition coefficient (Wildman–Crippen LogP) is 2.23. The lowest BCUT2D eigenvalue weighted by Gasteiger charge is -2.28. The number of aliphatic hydroxyl groups is 1. The molecule has 0 amide bonds. The first-order valence-corrected chi connectivity index (χ1v) is 8.95. The summed E-state index contributed by atoms with van der Waals surface area (Å²) in [6.07, 6.45) is 6.12. The van der Waals surface area contributed by atoms with Gasteiger partial charge in [-0.25, -0.2) is 9.97 Å². The maximum Gasteiger partial charge on any atom is 0.227 e. The summed E-state index contributed by atoms with van der Waals surface area (Å²) in [5.74, 6) is 0.538. The van der Waals surface area contributed by atoms with Crippen LogP contribution < -0.4 is 15.9 Å². The van der Waals surface area contributed by atoms with Gasteiger partial charge in [0.2, 0.25) is 5.95 Å². The largest absolute Gasteiger partial charge is 0.392 e. The zero-order valence-electron chi connectivity index (χ0n) is 15.4. The summed E-state index contributed by atoms with van der Waals surface area (Å²) in [5, 5.41) is 14.4. The maximum atomic E-state index is 9.28. The van der Waals surface area contributed by atoms with Gasteiger partial charge in [0, 0.05) is 30.4 Å². The number of hydrogen-bond acceptors (Lipinski definition) is 5. The molecular weight excluding hydrogens is 336 g/mol. The van der Waals surface area contributed by atoms with Crippen LogP contribution in [0.15, 0.2) is 54.7 Å². The van der Waals surface area contributed by atoms with Crippen LogP contribution in [0.25, 0.3) is 12.3 Å². The molecule has 5 nitrogen and oxygen atoms in total. The Bertz CT molecular complexity index is 1090. The molecule has 5 heteroatoms. The number of benzene rings is 2. The third kappa shape index (κ3) is 3.55. The highest BCUT2D eigenvalue weighted by atomic mass is 16.3. The number of fused-ring (bicyclic) bond motifs is 1. The van der Waals surface area contributed by atoms with Gasteiger partial charge in [-0.3, -0.25) is 0 Å². The van der Waals surface area contributed by atoms with Crippen molar-refractivity contribution in [1.29, 1.82) is 0 Å². The third-order valence-electron chi connectivity index (χ3n) is 4.82. The summed E-state index contributed by atoms with van der Waals surface area (Å²) in [6, 6.07) is 16.2. The molecule has 136 valence electrons. The molecule has 27 heavy (non-hydrogen) atoms. The van der Waals surface area contributed by atoms with E-state index < -0.39 is 0 Å². The van der Waals surface area contributed by atoms with Crippen LogP contribution in [0, 0.1) is 6.92 Å². The number of rotatable bonds is 4. The van der Waals surface area contributed by atoms with Gasteiger partial charge in [-0.15, -0.1) is 0 Å². The summed E-state index contributed by atoms with van der Waals surface area (Å²) in [7, 11) is 2.07. The van der Waals surface area contributed by atoms with Gasteiger partial charge in [-0.2, -0.15) is 0 Å². The zero-order chi connectivity index (χ0) is 18.8. The van der Waals surface area contributed by atoms with Crippen molar-refractivity contribution in [3.63, 3.8) is 0 Å². The highest BCUT2D eigenvalue weighted by Crippen LogP contribution is 2.25. The first-order valence-electron chi connectivity index (χ1n) is 8.95. The Morgan fingerprint density at radius 1 is 1.15 bits per heavy atom. The van der Waals surface area contributed by atoms with Crippen molar-refractivity contribution in [3.8, 4) is 0 Å². The summed E-state index contributed by atoms with van der Waals surface area (Å²) in [6.45, 7) is 2.14. The quantitative estimate of drug-likeness (QED) is 0.749. The third-order valence-corrected chi connectivity index (χ3v) is 4.82. The van der Waals surface area contributed by atoms with E-state index in [4.69, 9.17) is 0 Å². The predicted molar refractivity (Wildman–Crippen MR) is 108 cm³/mol. The van der Waals surface area contributed by atoms with Crippen molar-refractivity contribution < 1.29 is 5.11 Å². The van der Waals surface area contributed by atoms with Crippen LogP contribution in [0.3, 0.4) is 0 Å². The second-order valence-electron chi connectivity index (χ2n) is 6.78. The number of hydrogen-bond donors (Lipinski definition) is 2. The second kappa shape index (κ2) is 7.21. The van der Waals surface area contributed by atoms with Crippen molar-refractivity contribution in [3.05, 3.63) is 82.0 Å². The molecule has 4 rings (SSSR count). The molecule has 0 spiro atoms. The van der Waals surface area contributed by atoms with Gasteiger partial charge in [0.15, 0.2) is 0 Å². The molecule has 1 aliphatic heterocycles. The molecule has 2 aromatic carbocycles. The van der Waals surface area contributed by atoms with E-state index in [2.05, 4.69) is 70.7 Å². The fourth-order valence-corrected chi connectivity index (χ4v) is 3.36. The topological polar surface area (TPSA) is 61.3 Å². The monoisotopic (exact) mass is 358 g/mol. The van der Waals surface area contributed by atoms with E-state index in [1.54, 1.807) is 0 Å². The summed E-state index contributed by atoms with van der Waals surface area (Å²) >= 11 is 0. The smallest absolute Gasteiger partial charge is 0.227 e. The van der Waals surface area contributed by atoms with E-state index in [0.717, 1.165) is 21.8 Å². The highest BCUT2D eigenvalue weighted by Gasteiger charge is 2.17. The molecule has 2 heterocycles. The molecule has 1 atom stereocenters. The van der Waals surface area contributed by atoms with Gasteiger partial charge in [0.05, 0.1) is 18.0 Å². The lowest BCUT2D eigenvalue weighted by Crippen LogP contribution is -2.38. The second-order valence-corrected chi connectivity index (χ2v) is 6.78. The highest BCUT2D eigenvalue weighted by molar-refractivity contribution is 5.55. The van der Waals surface area contributed by atoms with Gasteiger partial charge in [-0.1, -0.05) is 36.4 Å². The van der Waals surface area contributed by atoms with Crippen LogP contribution in [0.1, 0.15) is 22.7 Å². The molecule has 0 aliphatic carbocycles. The van der Waals surface area contributed by atoms with Crippen LogP contribution in [0.5, 0.6) is 0 Å². The maximum absolute atomic E-state index is 9.28. The number of nitrogens with one attached hydrogen (secondary N) is 1. The lowest BCUT2D eigenvalue weighted by atomic mass is 9.98. The molecule has 1 unspecified atom stereocenters. The van der Waals surface area contributed by atoms with Crippen molar-refractivity contribution in [2.75, 3.05) is 12.4 Å². The van der Waals surface area contributed by atoms with E-state index >= 15 is 0 Å². The summed E-state index contributed by atoms with van der Waals surface area (Å²) in [5.41, 5.74) is 4.25. The van der Waals surface area contributed by atoms with Gasteiger partial charge >= 0.3 is 0 Å². The molecule has 1 aromatic heterocycles. The lowest BCUT2D eigenvalue weighted by molar-refractivity contribution is 0.282. The molecule has 0 saturated carbocycles. The van der Waals surface area contributed by atoms with Crippen LogP contribution >= 0.6 is 0 Å². The molecule has 0 saturated heterocycles. The van der Waals surface area contributed by atoms with E-state index in [0.29, 0.717) is 5.95 Å². The average Bonchev–Trinajstić information content (AvgIpc) is 2.68. The molecule has 1 aliphatic rings. The van der Waals surface area contributed by atoms with Gasteiger partial charge in [0.25, 0.3) is 0 Å². The minimum atomic E-state index is 0.00832. The summed E-state index contributed by atoms with van der Waals surface area (Å²) in [4.78, 5) is 11.3. The minimum absolute atomic E-state index is 0.00832. The minimum Gasteiger partial charge on any atom is -0.392 e. The Hall–Kier alpha value is -3.18. The van der Waals surface area contributed by atoms with Crippen molar-refractivity contribution in [2.24, 2.45) is 0 Å². The molecule has 0 bridgehead atoms. The Balaban J connectivity index is 1.67. The van der Waals surface area contributed by atoms with Crippen molar-refractivity contribution in [1.82, 2.24) is 14.9 Å². The first-order chi connectivity index (χ1) is 13.1. The van der Waals surface area contributed by atoms with E-state index in [9.17, 15) is 5.11 Å². The van der Waals surface area contributed by atoms with Crippen molar-refractivity contribution in [2.45, 2.75) is 19.6 Å². The molecule has 3 aromatic rings. The van der Waals surface area contributed by atoms with Crippen molar-refractivity contribution >= 4 is 23.9 Å². The Kier molecular flexibility index (Phi) is 4.60. The fraction of sp³-hybridized carbons (Fsp3) is 0.182. The molecule has 2 N–H and O–H groups in total. The first kappa shape index (κ1) is 17.2. The van der Waals surface area contributed by atoms with Crippen LogP contribution in [0.2, 0.25) is 0 Å². The average molecular weight is 358 g/mol. The van der Waals surface area contributed by atoms with Crippen LogP contribution in [0.4, 0.5) is 11.6 Å². The van der Waals surface area contributed by atoms with E-state index in [-0.39, 0.29) is 12.6 Å². The SMILES string of the molecule is Cc1ccccc1C1C=c2cnc(Nc3cccc(CO)c3)nc2=CN1C. The van der Waals surface area contributed by atoms with Gasteiger partial charge in [0.1, 0.15) is 0 Å². The van der Waals surface area contributed by atoms with Gasteiger partial charge in [-0.05, 0) is 41.8 Å². The van der Waals surface area contributed by atoms with Gasteiger partial charge < -0.3 is 15.3 Å². The normalized spacial score (nSPS) is 15.5. The van der Waals surface area contributed by atoms with E-state index in [1.807, 2.05) is 30.5 Å². The molecule has 0 fully saturated rings. The van der Waals surface area contributed by atoms with Crippen LogP contribution in [-0.2, 0) is 6.61 Å². The number of aryl methyl sites for hydroxylation is 1. The fourth-order valence-electron chi connectivity index (χ4n) is 3.36. The summed E-state index contributed by atoms with van der Waals surface area (Å²) < 4.78 is 0. The number of aromatic nitrogens is 2.